The molecule has 4 saturated heterocycles. The van der Waals surface area contributed by atoms with E-state index >= 15 is 0 Å². The van der Waals surface area contributed by atoms with Crippen molar-refractivity contribution < 1.29 is 51.9 Å². The average molecular weight is 1080 g/mol. The zero-order valence-corrected chi connectivity index (χ0v) is 52.1. The Morgan fingerprint density at radius 2 is 0.947 bits per heavy atom. The van der Waals surface area contributed by atoms with Crippen LogP contribution in [0.25, 0.3) is 0 Å². The number of hydrogen-bond donors (Lipinski definition) is 1. The summed E-state index contributed by atoms with van der Waals surface area (Å²) < 4.78 is 65.1. The van der Waals surface area contributed by atoms with Crippen LogP contribution in [0.3, 0.4) is 0 Å². The summed E-state index contributed by atoms with van der Waals surface area (Å²) in [5.74, 6) is 2.49. The van der Waals surface area contributed by atoms with Crippen LogP contribution in [0.4, 0.5) is 0 Å². The Labute approximate surface area is 456 Å². The summed E-state index contributed by atoms with van der Waals surface area (Å²) >= 11 is 0. The Bertz CT molecular complexity index is 2130. The van der Waals surface area contributed by atoms with E-state index < -0.39 is 34.0 Å². The second kappa shape index (κ2) is 18.9. The molecule has 4 heterocycles. The summed E-state index contributed by atoms with van der Waals surface area (Å²) in [6.45, 7) is 44.1. The van der Waals surface area contributed by atoms with E-state index in [4.69, 9.17) is 46.7 Å². The fourth-order valence-electron chi connectivity index (χ4n) is 20.0. The Kier molecular flexibility index (Phi) is 14.2. The molecule has 4 aliphatic heterocycles. The van der Waals surface area contributed by atoms with E-state index in [-0.39, 0.29) is 61.8 Å². The molecule has 0 aromatic carbocycles. The molecule has 11 nitrogen and oxygen atoms in total. The first-order chi connectivity index (χ1) is 34.9. The molecule has 7 saturated carbocycles. The van der Waals surface area contributed by atoms with Gasteiger partial charge >= 0.3 is 0 Å². The summed E-state index contributed by atoms with van der Waals surface area (Å²) in [6, 6.07) is 0. The van der Waals surface area contributed by atoms with Gasteiger partial charge in [0, 0.05) is 49.7 Å². The van der Waals surface area contributed by atoms with E-state index in [0.29, 0.717) is 73.8 Å². The number of aliphatic hydroxyl groups excluding tert-OH is 1. The lowest BCUT2D eigenvalue weighted by Crippen LogP contribution is -2.66. The lowest BCUT2D eigenvalue weighted by atomic mass is 9.43. The van der Waals surface area contributed by atoms with Gasteiger partial charge in [0.05, 0.1) is 59.0 Å². The molecule has 12 rings (SSSR count). The largest absolute Gasteiger partial charge is 0.414 e. The van der Waals surface area contributed by atoms with Crippen LogP contribution in [-0.4, -0.2) is 116 Å². The van der Waals surface area contributed by atoms with Crippen molar-refractivity contribution in [2.45, 2.75) is 251 Å². The third-order valence-electron chi connectivity index (χ3n) is 25.7. The number of rotatable bonds is 6. The van der Waals surface area contributed by atoms with Gasteiger partial charge in [-0.3, -0.25) is 0 Å². The van der Waals surface area contributed by atoms with E-state index in [1.807, 2.05) is 0 Å². The van der Waals surface area contributed by atoms with Crippen LogP contribution in [0.5, 0.6) is 0 Å². The first-order valence-electron chi connectivity index (χ1n) is 30.7. The van der Waals surface area contributed by atoms with Crippen LogP contribution < -0.4 is 0 Å². The second-order valence-electron chi connectivity index (χ2n) is 31.4. The number of ether oxygens (including phenoxy) is 8. The number of aliphatic hydroxyl groups is 1. The minimum absolute atomic E-state index is 0.0135. The first-order valence-corrected chi connectivity index (χ1v) is 36.5. The Hall–Kier alpha value is -0.266. The summed E-state index contributed by atoms with van der Waals surface area (Å²) in [7, 11) is -4.00. The molecule has 12 aliphatic rings. The molecule has 0 amide bonds. The molecule has 13 heteroatoms. The molecule has 0 aromatic heterocycles. The standard InChI is InChI=1S/C31H54O6Si.C31H52O5Si/c1-27(2,3)38(7,8)37-24-19-29(5)21(9-10-25(29)30(6)33-13-14-34-30)20-17-23(32)22-18-31(35-15-16-36-31)12-11-28(22,4)26(20)24;1-27(2,3)37(7,8)36-24-20-29(5)23(11-12-25(29)30(6)32-15-16-33-30)22-10-9-21-19-31(34-17-18-35-31)14-13-28(21,4)26(22)24/h20-26,32H,9-19H2,1-8H3;9,22-26H,10-20H2,1-8H3/t20?,21?,22-,23+,24+,25?,26?,28?,29?;22?,23?,24-,25?,26?,28?,29?/m01/s1. The highest BCUT2D eigenvalue weighted by Gasteiger charge is 2.71. The molecule has 1 N–H and O–H groups in total. The molecule has 11 fully saturated rings. The van der Waals surface area contributed by atoms with Crippen LogP contribution >= 0.6 is 0 Å². The van der Waals surface area contributed by atoms with Gasteiger partial charge in [-0.2, -0.15) is 0 Å². The molecule has 0 bridgehead atoms. The average Bonchev–Trinajstić information content (AvgIpc) is 4.19. The van der Waals surface area contributed by atoms with Gasteiger partial charge in [-0.05, 0) is 177 Å². The molecular formula is C62H106O11Si2. The molecule has 16 atom stereocenters. The minimum atomic E-state index is -2.03. The number of allylic oxidation sites excluding steroid dienone is 1. The lowest BCUT2D eigenvalue weighted by molar-refractivity contribution is -0.268. The highest BCUT2D eigenvalue weighted by atomic mass is 28.4. The van der Waals surface area contributed by atoms with Crippen molar-refractivity contribution in [1.82, 2.24) is 0 Å². The maximum atomic E-state index is 11.8. The van der Waals surface area contributed by atoms with Crippen LogP contribution in [0.15, 0.2) is 11.6 Å². The van der Waals surface area contributed by atoms with E-state index in [2.05, 4.69) is 115 Å². The topological polar surface area (TPSA) is 113 Å². The van der Waals surface area contributed by atoms with E-state index in [1.165, 1.54) is 19.3 Å². The van der Waals surface area contributed by atoms with Gasteiger partial charge in [0.1, 0.15) is 0 Å². The molecule has 0 radical (unpaired) electrons. The van der Waals surface area contributed by atoms with Gasteiger partial charge < -0.3 is 51.9 Å². The Balaban J connectivity index is 0.000000161. The highest BCUT2D eigenvalue weighted by Crippen LogP contribution is 2.72. The van der Waals surface area contributed by atoms with Crippen LogP contribution in [0, 0.1) is 74.9 Å². The second-order valence-corrected chi connectivity index (χ2v) is 40.9. The molecule has 0 aromatic rings. The predicted octanol–water partition coefficient (Wildman–Crippen LogP) is 13.2. The summed E-state index contributed by atoms with van der Waals surface area (Å²) in [6.07, 6.45) is 17.6. The maximum absolute atomic E-state index is 11.8. The van der Waals surface area contributed by atoms with Crippen molar-refractivity contribution in [3.8, 4) is 0 Å². The molecule has 75 heavy (non-hydrogen) atoms. The van der Waals surface area contributed by atoms with E-state index in [9.17, 15) is 5.11 Å². The Morgan fingerprint density at radius 1 is 0.507 bits per heavy atom. The van der Waals surface area contributed by atoms with Crippen LogP contribution in [-0.2, 0) is 46.7 Å². The van der Waals surface area contributed by atoms with Crippen LogP contribution in [0.1, 0.15) is 173 Å². The SMILES string of the molecule is CC1(C2CCC3C4CC=C5CC6(CCC5(C)C4[C@H](O[Si](C)(C)C(C)(C)C)CC32C)OCCO6)OCCO1.CC1(C2CCC3C4C[C@@H](O)[C@@H]5CC6(CCC5(C)C4[C@H](O[Si](C)(C)C(C)(C)C)CC32C)OCCO6)OCCO1. The van der Waals surface area contributed by atoms with Gasteiger partial charge in [-0.25, -0.2) is 0 Å². The van der Waals surface area contributed by atoms with Crippen molar-refractivity contribution >= 4 is 16.6 Å². The van der Waals surface area contributed by atoms with Crippen molar-refractivity contribution in [1.29, 1.82) is 0 Å². The van der Waals surface area contributed by atoms with Gasteiger partial charge in [-0.1, -0.05) is 80.9 Å². The molecule has 2 spiro atoms. The summed E-state index contributed by atoms with van der Waals surface area (Å²) in [5, 5.41) is 12.2. The highest BCUT2D eigenvalue weighted by molar-refractivity contribution is 6.74. The van der Waals surface area contributed by atoms with Gasteiger partial charge in [-0.15, -0.1) is 0 Å². The molecule has 12 unspecified atom stereocenters. The van der Waals surface area contributed by atoms with E-state index in [1.54, 1.807) is 5.57 Å². The fourth-order valence-corrected chi connectivity index (χ4v) is 22.7. The summed E-state index contributed by atoms with van der Waals surface area (Å²) in [4.78, 5) is 0. The van der Waals surface area contributed by atoms with Crippen molar-refractivity contribution in [2.24, 2.45) is 74.9 Å². The molecule has 428 valence electrons. The van der Waals surface area contributed by atoms with Gasteiger partial charge in [0.25, 0.3) is 0 Å². The quantitative estimate of drug-likeness (QED) is 0.203. The number of fused-ring (bicyclic) bond motifs is 10. The maximum Gasteiger partial charge on any atom is 0.192 e. The fraction of sp³-hybridized carbons (Fsp3) is 0.968. The number of hydrogen-bond acceptors (Lipinski definition) is 11. The third kappa shape index (κ3) is 9.05. The minimum Gasteiger partial charge on any atom is -0.414 e. The molecular weight excluding hydrogens is 977 g/mol. The monoisotopic (exact) mass is 1080 g/mol. The first kappa shape index (κ1) is 56.6. The normalized spacial score (nSPS) is 46.5. The third-order valence-corrected chi connectivity index (χ3v) is 34.7. The van der Waals surface area contributed by atoms with E-state index in [0.717, 1.165) is 97.1 Å². The predicted molar refractivity (Wildman–Crippen MR) is 297 cm³/mol. The smallest absolute Gasteiger partial charge is 0.192 e. The Morgan fingerprint density at radius 3 is 1.44 bits per heavy atom. The van der Waals surface area contributed by atoms with Gasteiger partial charge in [0.15, 0.2) is 39.8 Å². The lowest BCUT2D eigenvalue weighted by Gasteiger charge is -2.66. The molecule has 8 aliphatic carbocycles. The zero-order chi connectivity index (χ0) is 53.8. The van der Waals surface area contributed by atoms with Crippen molar-refractivity contribution in [3.63, 3.8) is 0 Å². The van der Waals surface area contributed by atoms with Crippen molar-refractivity contribution in [2.75, 3.05) is 52.9 Å². The zero-order valence-electron chi connectivity index (χ0n) is 50.1. The van der Waals surface area contributed by atoms with Gasteiger partial charge in [0.2, 0.25) is 0 Å². The van der Waals surface area contributed by atoms with Crippen molar-refractivity contribution in [3.05, 3.63) is 11.6 Å². The summed E-state index contributed by atoms with van der Waals surface area (Å²) in [5.41, 5.74) is 1.99. The van der Waals surface area contributed by atoms with Crippen LogP contribution in [0.2, 0.25) is 36.3 Å².